The van der Waals surface area contributed by atoms with Crippen molar-refractivity contribution in [1.82, 2.24) is 4.90 Å². The largest absolute Gasteiger partial charge is 0.394 e. The number of benzene rings is 1. The van der Waals surface area contributed by atoms with Gasteiger partial charge in [-0.1, -0.05) is 23.8 Å². The number of likely N-dealkylation sites (tertiary alicyclic amines) is 1. The van der Waals surface area contributed by atoms with E-state index in [-0.39, 0.29) is 18.6 Å². The van der Waals surface area contributed by atoms with Crippen LogP contribution < -0.4 is 0 Å². The van der Waals surface area contributed by atoms with Crippen LogP contribution in [-0.4, -0.2) is 35.1 Å². The van der Waals surface area contributed by atoms with Crippen LogP contribution in [0.25, 0.3) is 0 Å². The number of carbonyl (C=O) groups excluding carboxylic acids is 1. The fraction of sp³-hybridized carbons (Fsp3) is 0.588. The Bertz CT molecular complexity index is 512. The van der Waals surface area contributed by atoms with Gasteiger partial charge in [0.1, 0.15) is 0 Å². The average molecular weight is 273 g/mol. The highest BCUT2D eigenvalue weighted by atomic mass is 16.3. The van der Waals surface area contributed by atoms with E-state index in [4.69, 9.17) is 0 Å². The number of hydrogen-bond donors (Lipinski definition) is 1. The van der Waals surface area contributed by atoms with Gasteiger partial charge in [-0.3, -0.25) is 4.79 Å². The van der Waals surface area contributed by atoms with Gasteiger partial charge >= 0.3 is 0 Å². The smallest absolute Gasteiger partial charge is 0.223 e. The molecule has 1 N–H and O–H groups in total. The summed E-state index contributed by atoms with van der Waals surface area (Å²) in [4.78, 5) is 14.3. The first-order chi connectivity index (χ1) is 9.67. The van der Waals surface area contributed by atoms with E-state index in [1.165, 1.54) is 16.7 Å². The van der Waals surface area contributed by atoms with E-state index in [1.54, 1.807) is 0 Å². The van der Waals surface area contributed by atoms with Gasteiger partial charge < -0.3 is 10.0 Å². The summed E-state index contributed by atoms with van der Waals surface area (Å²) in [5.74, 6) is 0.676. The fourth-order valence-corrected chi connectivity index (χ4v) is 3.70. The summed E-state index contributed by atoms with van der Waals surface area (Å²) in [5, 5.41) is 9.32. The second kappa shape index (κ2) is 5.57. The van der Waals surface area contributed by atoms with E-state index < -0.39 is 0 Å². The summed E-state index contributed by atoms with van der Waals surface area (Å²) in [6.07, 6.45) is 4.66. The first kappa shape index (κ1) is 13.6. The molecule has 1 aliphatic heterocycles. The van der Waals surface area contributed by atoms with Gasteiger partial charge in [0, 0.05) is 13.0 Å². The monoisotopic (exact) mass is 273 g/mol. The predicted octanol–water partition coefficient (Wildman–Crippen LogP) is 2.08. The van der Waals surface area contributed by atoms with Gasteiger partial charge in [0.25, 0.3) is 0 Å². The van der Waals surface area contributed by atoms with E-state index in [0.29, 0.717) is 12.3 Å². The van der Waals surface area contributed by atoms with Gasteiger partial charge in [0.05, 0.1) is 12.6 Å². The lowest BCUT2D eigenvalue weighted by atomic mass is 10.0. The Morgan fingerprint density at radius 1 is 1.35 bits per heavy atom. The number of hydrogen-bond acceptors (Lipinski definition) is 2. The minimum atomic E-state index is 0.0634. The van der Waals surface area contributed by atoms with E-state index in [0.717, 1.165) is 32.2 Å². The number of rotatable bonds is 3. The molecule has 20 heavy (non-hydrogen) atoms. The number of nitrogens with zero attached hydrogens (tertiary/aromatic N) is 1. The Morgan fingerprint density at radius 3 is 2.95 bits per heavy atom. The van der Waals surface area contributed by atoms with Crippen molar-refractivity contribution in [2.24, 2.45) is 5.92 Å². The first-order valence-corrected chi connectivity index (χ1v) is 7.66. The molecule has 0 bridgehead atoms. The number of amides is 1. The molecule has 0 aromatic heterocycles. The normalized spacial score (nSPS) is 25.0. The molecule has 2 atom stereocenters. The zero-order valence-electron chi connectivity index (χ0n) is 12.1. The predicted molar refractivity (Wildman–Crippen MR) is 78.5 cm³/mol. The van der Waals surface area contributed by atoms with Crippen molar-refractivity contribution in [3.05, 3.63) is 34.9 Å². The summed E-state index contributed by atoms with van der Waals surface area (Å²) < 4.78 is 0. The molecule has 1 aromatic rings. The van der Waals surface area contributed by atoms with Gasteiger partial charge in [-0.2, -0.15) is 0 Å². The third kappa shape index (κ3) is 2.59. The van der Waals surface area contributed by atoms with Gasteiger partial charge in [-0.15, -0.1) is 0 Å². The number of carbonyl (C=O) groups is 1. The molecule has 1 aliphatic carbocycles. The second-order valence-electron chi connectivity index (χ2n) is 6.32. The number of aryl methyl sites for hydroxylation is 1. The van der Waals surface area contributed by atoms with Gasteiger partial charge in [0.15, 0.2) is 0 Å². The lowest BCUT2D eigenvalue weighted by Crippen LogP contribution is -2.38. The zero-order valence-corrected chi connectivity index (χ0v) is 12.1. The summed E-state index contributed by atoms with van der Waals surface area (Å²) in [5.41, 5.74) is 4.13. The van der Waals surface area contributed by atoms with Crippen LogP contribution in [0.1, 0.15) is 36.0 Å². The SMILES string of the molecule is Cc1ccc2c(c1)CC(CC(=O)N1CCC[C@H]1CO)C2. The molecule has 0 saturated carbocycles. The van der Waals surface area contributed by atoms with Crippen molar-refractivity contribution < 1.29 is 9.90 Å². The van der Waals surface area contributed by atoms with Crippen LogP contribution in [0.4, 0.5) is 0 Å². The van der Waals surface area contributed by atoms with E-state index in [1.807, 2.05) is 4.90 Å². The van der Waals surface area contributed by atoms with Crippen LogP contribution in [0.2, 0.25) is 0 Å². The molecular weight excluding hydrogens is 250 g/mol. The quantitative estimate of drug-likeness (QED) is 0.916. The molecule has 1 unspecified atom stereocenters. The molecule has 3 nitrogen and oxygen atoms in total. The van der Waals surface area contributed by atoms with Crippen LogP contribution in [0.15, 0.2) is 18.2 Å². The molecule has 1 saturated heterocycles. The standard InChI is InChI=1S/C17H23NO2/c1-12-4-5-14-8-13(9-15(14)7-12)10-17(20)18-6-2-3-16(18)11-19/h4-5,7,13,16,19H,2-3,6,8-11H2,1H3/t13?,16-/m0/s1. The number of aliphatic hydroxyl groups excluding tert-OH is 1. The average Bonchev–Trinajstić information content (AvgIpc) is 3.03. The van der Waals surface area contributed by atoms with Crippen LogP contribution in [0.5, 0.6) is 0 Å². The minimum absolute atomic E-state index is 0.0634. The Balaban J connectivity index is 1.61. The molecule has 0 spiro atoms. The Morgan fingerprint density at radius 2 is 2.15 bits per heavy atom. The van der Waals surface area contributed by atoms with Crippen molar-refractivity contribution in [1.29, 1.82) is 0 Å². The maximum atomic E-state index is 12.4. The van der Waals surface area contributed by atoms with Crippen LogP contribution in [-0.2, 0) is 17.6 Å². The highest BCUT2D eigenvalue weighted by Crippen LogP contribution is 2.30. The van der Waals surface area contributed by atoms with Crippen LogP contribution in [0.3, 0.4) is 0 Å². The van der Waals surface area contributed by atoms with Crippen molar-refractivity contribution >= 4 is 5.91 Å². The molecule has 3 rings (SSSR count). The van der Waals surface area contributed by atoms with Crippen molar-refractivity contribution in [3.8, 4) is 0 Å². The lowest BCUT2D eigenvalue weighted by Gasteiger charge is -2.24. The molecule has 108 valence electrons. The van der Waals surface area contributed by atoms with Crippen LogP contribution in [0, 0.1) is 12.8 Å². The molecule has 3 heteroatoms. The van der Waals surface area contributed by atoms with Crippen molar-refractivity contribution in [2.45, 2.75) is 45.1 Å². The summed E-state index contributed by atoms with van der Waals surface area (Å²) >= 11 is 0. The van der Waals surface area contributed by atoms with Gasteiger partial charge in [-0.05, 0) is 49.7 Å². The third-order valence-corrected chi connectivity index (χ3v) is 4.75. The topological polar surface area (TPSA) is 40.5 Å². The van der Waals surface area contributed by atoms with Crippen molar-refractivity contribution in [2.75, 3.05) is 13.2 Å². The molecule has 1 heterocycles. The third-order valence-electron chi connectivity index (χ3n) is 4.75. The second-order valence-corrected chi connectivity index (χ2v) is 6.32. The maximum Gasteiger partial charge on any atom is 0.223 e. The zero-order chi connectivity index (χ0) is 14.1. The minimum Gasteiger partial charge on any atom is -0.394 e. The van der Waals surface area contributed by atoms with Gasteiger partial charge in [0.2, 0.25) is 5.91 Å². The molecule has 1 aromatic carbocycles. The van der Waals surface area contributed by atoms with E-state index >= 15 is 0 Å². The Kier molecular flexibility index (Phi) is 3.79. The molecule has 1 amide bonds. The first-order valence-electron chi connectivity index (χ1n) is 7.66. The summed E-state index contributed by atoms with van der Waals surface area (Å²) in [6, 6.07) is 6.69. The maximum absolute atomic E-state index is 12.4. The van der Waals surface area contributed by atoms with Crippen LogP contribution >= 0.6 is 0 Å². The molecule has 2 aliphatic rings. The summed E-state index contributed by atoms with van der Waals surface area (Å²) in [6.45, 7) is 3.05. The lowest BCUT2D eigenvalue weighted by molar-refractivity contribution is -0.133. The number of aliphatic hydroxyl groups is 1. The molecular formula is C17H23NO2. The molecule has 1 fully saturated rings. The Labute approximate surface area is 120 Å². The van der Waals surface area contributed by atoms with E-state index in [9.17, 15) is 9.90 Å². The van der Waals surface area contributed by atoms with Crippen molar-refractivity contribution in [3.63, 3.8) is 0 Å². The van der Waals surface area contributed by atoms with E-state index in [2.05, 4.69) is 25.1 Å². The summed E-state index contributed by atoms with van der Waals surface area (Å²) in [7, 11) is 0. The molecule has 0 radical (unpaired) electrons. The highest BCUT2D eigenvalue weighted by molar-refractivity contribution is 5.77. The fourth-order valence-electron chi connectivity index (χ4n) is 3.70. The Hall–Kier alpha value is -1.35. The highest BCUT2D eigenvalue weighted by Gasteiger charge is 2.31. The number of fused-ring (bicyclic) bond motifs is 1. The van der Waals surface area contributed by atoms with Gasteiger partial charge in [-0.25, -0.2) is 0 Å².